The van der Waals surface area contributed by atoms with E-state index in [0.717, 1.165) is 0 Å². The van der Waals surface area contributed by atoms with Crippen LogP contribution in [0.15, 0.2) is 47.6 Å². The zero-order valence-electron chi connectivity index (χ0n) is 12.2. The molecule has 0 saturated carbocycles. The van der Waals surface area contributed by atoms with Crippen LogP contribution in [0.2, 0.25) is 10.0 Å². The second-order valence-electron chi connectivity index (χ2n) is 4.65. The van der Waals surface area contributed by atoms with Crippen LogP contribution >= 0.6 is 23.2 Å². The first-order valence-electron chi connectivity index (χ1n) is 6.69. The van der Waals surface area contributed by atoms with Crippen LogP contribution in [-0.4, -0.2) is 23.3 Å². The molecule has 2 aromatic rings. The number of carbonyl (C=O) groups is 1. The van der Waals surface area contributed by atoms with E-state index >= 15 is 0 Å². The highest BCUT2D eigenvalue weighted by Crippen LogP contribution is 2.19. The monoisotopic (exact) mass is 352 g/mol. The van der Waals surface area contributed by atoms with Gasteiger partial charge in [-0.15, -0.1) is 0 Å². The fraction of sp³-hybridized carbons (Fsp3) is 0.125. The third-order valence-corrected chi connectivity index (χ3v) is 3.35. The van der Waals surface area contributed by atoms with Gasteiger partial charge in [-0.25, -0.2) is 5.43 Å². The van der Waals surface area contributed by atoms with Gasteiger partial charge in [0.2, 0.25) is 0 Å². The van der Waals surface area contributed by atoms with Crippen molar-refractivity contribution in [3.8, 4) is 11.5 Å². The topological polar surface area (TPSA) is 70.9 Å². The summed E-state index contributed by atoms with van der Waals surface area (Å²) in [7, 11) is 0. The van der Waals surface area contributed by atoms with E-state index in [-0.39, 0.29) is 5.75 Å². The number of phenolic OH excluding ortho intramolecular Hbond substituents is 1. The van der Waals surface area contributed by atoms with Gasteiger partial charge in [-0.05, 0) is 49.4 Å². The highest BCUT2D eigenvalue weighted by Gasteiger charge is 2.13. The van der Waals surface area contributed by atoms with Crippen LogP contribution in [0, 0.1) is 0 Å². The first-order valence-corrected chi connectivity index (χ1v) is 7.45. The summed E-state index contributed by atoms with van der Waals surface area (Å²) in [4.78, 5) is 11.9. The molecule has 0 bridgehead atoms. The normalized spacial score (nSPS) is 12.1. The molecule has 2 aromatic carbocycles. The first kappa shape index (κ1) is 17.1. The molecule has 1 unspecified atom stereocenters. The Balaban J connectivity index is 1.92. The molecule has 1 amide bonds. The number of phenols is 1. The average molecular weight is 353 g/mol. The minimum Gasteiger partial charge on any atom is -0.507 e. The van der Waals surface area contributed by atoms with Crippen LogP contribution < -0.4 is 10.2 Å². The smallest absolute Gasteiger partial charge is 0.280 e. The van der Waals surface area contributed by atoms with Gasteiger partial charge in [0.15, 0.2) is 6.10 Å². The van der Waals surface area contributed by atoms with Crippen molar-refractivity contribution in [3.63, 3.8) is 0 Å². The highest BCUT2D eigenvalue weighted by atomic mass is 35.5. The molecule has 23 heavy (non-hydrogen) atoms. The maximum absolute atomic E-state index is 11.9. The molecule has 2 N–H and O–H groups in total. The van der Waals surface area contributed by atoms with Gasteiger partial charge in [0.25, 0.3) is 5.91 Å². The van der Waals surface area contributed by atoms with Gasteiger partial charge in [-0.1, -0.05) is 23.2 Å². The van der Waals surface area contributed by atoms with E-state index < -0.39 is 12.0 Å². The number of hydrazone groups is 1. The molecule has 7 heteroatoms. The van der Waals surface area contributed by atoms with Crippen LogP contribution in [0.4, 0.5) is 0 Å². The summed E-state index contributed by atoms with van der Waals surface area (Å²) in [5, 5.41) is 14.4. The number of nitrogens with one attached hydrogen (secondary N) is 1. The van der Waals surface area contributed by atoms with Crippen molar-refractivity contribution in [1.29, 1.82) is 0 Å². The number of halogens is 2. The molecule has 0 aliphatic carbocycles. The molecule has 0 spiro atoms. The summed E-state index contributed by atoms with van der Waals surface area (Å²) in [5.74, 6) is 0.101. The molecule has 0 fully saturated rings. The van der Waals surface area contributed by atoms with Crippen LogP contribution in [0.5, 0.6) is 11.5 Å². The van der Waals surface area contributed by atoms with Gasteiger partial charge < -0.3 is 9.84 Å². The second kappa shape index (κ2) is 7.85. The third kappa shape index (κ3) is 5.16. The molecule has 0 aliphatic rings. The fourth-order valence-electron chi connectivity index (χ4n) is 1.66. The van der Waals surface area contributed by atoms with Crippen molar-refractivity contribution >= 4 is 35.3 Å². The standard InChI is InChI=1S/C16H14Cl2N2O3/c1-10(23-14-5-2-12(17)3-6-14)16(22)20-19-9-11-8-13(18)4-7-15(11)21/h2-10,21H,1H3,(H,20,22)/b19-9+. The Labute approximate surface area is 143 Å². The van der Waals surface area contributed by atoms with Crippen LogP contribution in [0.25, 0.3) is 0 Å². The Morgan fingerprint density at radius 1 is 1.22 bits per heavy atom. The van der Waals surface area contributed by atoms with E-state index in [9.17, 15) is 9.90 Å². The Morgan fingerprint density at radius 2 is 1.87 bits per heavy atom. The number of benzene rings is 2. The van der Waals surface area contributed by atoms with Crippen LogP contribution in [-0.2, 0) is 4.79 Å². The van der Waals surface area contributed by atoms with Crippen molar-refractivity contribution < 1.29 is 14.6 Å². The van der Waals surface area contributed by atoms with Crippen molar-refractivity contribution in [2.75, 3.05) is 0 Å². The lowest BCUT2D eigenvalue weighted by molar-refractivity contribution is -0.127. The predicted octanol–water partition coefficient (Wildman–Crippen LogP) is 3.62. The van der Waals surface area contributed by atoms with Gasteiger partial charge in [-0.3, -0.25) is 4.79 Å². The maximum Gasteiger partial charge on any atom is 0.280 e. The summed E-state index contributed by atoms with van der Waals surface area (Å²) in [6, 6.07) is 11.2. The molecule has 0 aliphatic heterocycles. The van der Waals surface area contributed by atoms with Gasteiger partial charge >= 0.3 is 0 Å². The van der Waals surface area contributed by atoms with E-state index in [4.69, 9.17) is 27.9 Å². The predicted molar refractivity (Wildman–Crippen MR) is 90.4 cm³/mol. The summed E-state index contributed by atoms with van der Waals surface area (Å²) in [5.41, 5.74) is 2.73. The fourth-order valence-corrected chi connectivity index (χ4v) is 1.96. The number of hydrogen-bond donors (Lipinski definition) is 2. The van der Waals surface area contributed by atoms with Crippen molar-refractivity contribution in [2.45, 2.75) is 13.0 Å². The third-order valence-electron chi connectivity index (χ3n) is 2.86. The molecule has 2 rings (SSSR count). The Kier molecular flexibility index (Phi) is 5.84. The van der Waals surface area contributed by atoms with Gasteiger partial charge in [-0.2, -0.15) is 5.10 Å². The van der Waals surface area contributed by atoms with Crippen molar-refractivity contribution in [2.24, 2.45) is 5.10 Å². The lowest BCUT2D eigenvalue weighted by Gasteiger charge is -2.12. The Morgan fingerprint density at radius 3 is 2.57 bits per heavy atom. The lowest BCUT2D eigenvalue weighted by atomic mass is 10.2. The summed E-state index contributed by atoms with van der Waals surface area (Å²) in [6.45, 7) is 1.59. The Hall–Kier alpha value is -2.24. The number of aromatic hydroxyl groups is 1. The quantitative estimate of drug-likeness (QED) is 0.637. The van der Waals surface area contributed by atoms with E-state index in [0.29, 0.717) is 21.4 Å². The molecule has 5 nitrogen and oxygen atoms in total. The van der Waals surface area contributed by atoms with E-state index in [1.54, 1.807) is 37.3 Å². The van der Waals surface area contributed by atoms with Gasteiger partial charge in [0.05, 0.1) is 6.21 Å². The molecule has 0 saturated heterocycles. The van der Waals surface area contributed by atoms with Crippen LogP contribution in [0.1, 0.15) is 12.5 Å². The number of amides is 1. The van der Waals surface area contributed by atoms with Crippen LogP contribution in [0.3, 0.4) is 0 Å². The molecule has 0 aromatic heterocycles. The largest absolute Gasteiger partial charge is 0.507 e. The van der Waals surface area contributed by atoms with E-state index in [1.807, 2.05) is 0 Å². The summed E-state index contributed by atoms with van der Waals surface area (Å²) in [6.07, 6.45) is 0.551. The molecule has 0 radical (unpaired) electrons. The minimum atomic E-state index is -0.749. The van der Waals surface area contributed by atoms with Gasteiger partial charge in [0, 0.05) is 15.6 Å². The van der Waals surface area contributed by atoms with E-state index in [2.05, 4.69) is 10.5 Å². The minimum absolute atomic E-state index is 0.0119. The average Bonchev–Trinajstić information content (AvgIpc) is 2.52. The first-order chi connectivity index (χ1) is 11.0. The number of carbonyl (C=O) groups excluding carboxylic acids is 1. The van der Waals surface area contributed by atoms with Crippen molar-refractivity contribution in [1.82, 2.24) is 5.43 Å². The highest BCUT2D eigenvalue weighted by molar-refractivity contribution is 6.31. The van der Waals surface area contributed by atoms with Gasteiger partial charge in [0.1, 0.15) is 11.5 Å². The Bertz CT molecular complexity index is 718. The van der Waals surface area contributed by atoms with E-state index in [1.165, 1.54) is 18.3 Å². The molecule has 120 valence electrons. The lowest BCUT2D eigenvalue weighted by Crippen LogP contribution is -2.33. The number of rotatable bonds is 5. The maximum atomic E-state index is 11.9. The molecule has 0 heterocycles. The molecular weight excluding hydrogens is 339 g/mol. The molecular formula is C16H14Cl2N2O3. The zero-order chi connectivity index (χ0) is 16.8. The zero-order valence-corrected chi connectivity index (χ0v) is 13.7. The SMILES string of the molecule is CC(Oc1ccc(Cl)cc1)C(=O)N/N=C/c1cc(Cl)ccc1O. The second-order valence-corrected chi connectivity index (χ2v) is 5.52. The van der Waals surface area contributed by atoms with Crippen molar-refractivity contribution in [3.05, 3.63) is 58.1 Å². The number of hydrogen-bond acceptors (Lipinski definition) is 4. The molecule has 1 atom stereocenters. The summed E-state index contributed by atoms with van der Waals surface area (Å²) < 4.78 is 5.46. The summed E-state index contributed by atoms with van der Waals surface area (Å²) >= 11 is 11.6. The number of nitrogens with zero attached hydrogens (tertiary/aromatic N) is 1. The number of ether oxygens (including phenoxy) is 1.